The van der Waals surface area contributed by atoms with Crippen molar-refractivity contribution in [3.63, 3.8) is 0 Å². The van der Waals surface area contributed by atoms with Gasteiger partial charge >= 0.3 is 5.97 Å². The fourth-order valence-electron chi connectivity index (χ4n) is 1.13. The smallest absolute Gasteiger partial charge is 0.338 e. The standard InChI is InChI=1S/C13H15ClO2/c1-9(12(15)16-13(2,3)4)10-6-5-7-11(14)8-10/h5-8H,1H2,2-4H3. The Morgan fingerprint density at radius 2 is 2.00 bits per heavy atom. The molecule has 0 aromatic heterocycles. The monoisotopic (exact) mass is 238 g/mol. The van der Waals surface area contributed by atoms with E-state index in [1.54, 1.807) is 24.3 Å². The molecule has 0 spiro atoms. The van der Waals surface area contributed by atoms with Gasteiger partial charge in [0.25, 0.3) is 0 Å². The Morgan fingerprint density at radius 3 is 2.50 bits per heavy atom. The lowest BCUT2D eigenvalue weighted by atomic mass is 10.1. The molecule has 0 N–H and O–H groups in total. The number of ether oxygens (including phenoxy) is 1. The minimum atomic E-state index is -0.515. The first-order valence-corrected chi connectivity index (χ1v) is 5.35. The molecule has 1 aromatic rings. The SMILES string of the molecule is C=C(C(=O)OC(C)(C)C)c1cccc(Cl)c1. The van der Waals surface area contributed by atoms with Crippen LogP contribution in [0.4, 0.5) is 0 Å². The molecule has 1 rings (SSSR count). The minimum Gasteiger partial charge on any atom is -0.456 e. The van der Waals surface area contributed by atoms with Crippen molar-refractivity contribution in [1.82, 2.24) is 0 Å². The van der Waals surface area contributed by atoms with Crippen molar-refractivity contribution in [2.45, 2.75) is 26.4 Å². The summed E-state index contributed by atoms with van der Waals surface area (Å²) in [5.74, 6) is -0.422. The molecule has 0 unspecified atom stereocenters. The largest absolute Gasteiger partial charge is 0.456 e. The summed E-state index contributed by atoms with van der Waals surface area (Å²) in [6.07, 6.45) is 0. The highest BCUT2D eigenvalue weighted by Gasteiger charge is 2.19. The van der Waals surface area contributed by atoms with Gasteiger partial charge in [0, 0.05) is 5.02 Å². The number of hydrogen-bond donors (Lipinski definition) is 0. The molecule has 0 aliphatic carbocycles. The Bertz CT molecular complexity index is 416. The average Bonchev–Trinajstić information content (AvgIpc) is 2.14. The molecule has 0 bridgehead atoms. The van der Waals surface area contributed by atoms with E-state index < -0.39 is 11.6 Å². The first kappa shape index (κ1) is 12.8. The summed E-state index contributed by atoms with van der Waals surface area (Å²) in [6.45, 7) is 9.16. The molecule has 0 amide bonds. The lowest BCUT2D eigenvalue weighted by molar-refractivity contribution is -0.147. The van der Waals surface area contributed by atoms with Crippen LogP contribution in [-0.4, -0.2) is 11.6 Å². The number of hydrogen-bond acceptors (Lipinski definition) is 2. The third-order valence-corrected chi connectivity index (χ3v) is 2.05. The average molecular weight is 239 g/mol. The van der Waals surface area contributed by atoms with Gasteiger partial charge in [0.2, 0.25) is 0 Å². The molecule has 0 heterocycles. The van der Waals surface area contributed by atoms with E-state index in [0.29, 0.717) is 16.2 Å². The van der Waals surface area contributed by atoms with Crippen LogP contribution in [0.2, 0.25) is 5.02 Å². The van der Waals surface area contributed by atoms with E-state index in [0.717, 1.165) is 0 Å². The quantitative estimate of drug-likeness (QED) is 0.580. The summed E-state index contributed by atoms with van der Waals surface area (Å²) in [4.78, 5) is 11.7. The molecule has 0 fully saturated rings. The van der Waals surface area contributed by atoms with Crippen molar-refractivity contribution in [3.05, 3.63) is 41.4 Å². The fourth-order valence-corrected chi connectivity index (χ4v) is 1.32. The molecule has 2 nitrogen and oxygen atoms in total. The summed E-state index contributed by atoms with van der Waals surface area (Å²) in [6, 6.07) is 6.98. The van der Waals surface area contributed by atoms with Gasteiger partial charge in [-0.05, 0) is 38.5 Å². The van der Waals surface area contributed by atoms with E-state index in [9.17, 15) is 4.79 Å². The second-order valence-corrected chi connectivity index (χ2v) is 4.93. The molecule has 0 saturated carbocycles. The lowest BCUT2D eigenvalue weighted by Crippen LogP contribution is -2.24. The normalized spacial score (nSPS) is 11.0. The third-order valence-electron chi connectivity index (χ3n) is 1.82. The Morgan fingerprint density at radius 1 is 1.38 bits per heavy atom. The zero-order valence-corrected chi connectivity index (χ0v) is 10.5. The second-order valence-electron chi connectivity index (χ2n) is 4.49. The van der Waals surface area contributed by atoms with Gasteiger partial charge in [-0.2, -0.15) is 0 Å². The number of carbonyl (C=O) groups is 1. The Balaban J connectivity index is 2.83. The summed E-state index contributed by atoms with van der Waals surface area (Å²) in [5.41, 5.74) is 0.484. The maximum Gasteiger partial charge on any atom is 0.338 e. The molecule has 0 radical (unpaired) electrons. The highest BCUT2D eigenvalue weighted by atomic mass is 35.5. The van der Waals surface area contributed by atoms with Crippen molar-refractivity contribution in [3.8, 4) is 0 Å². The van der Waals surface area contributed by atoms with E-state index in [-0.39, 0.29) is 0 Å². The van der Waals surface area contributed by atoms with Gasteiger partial charge in [0.1, 0.15) is 5.60 Å². The number of esters is 1. The van der Waals surface area contributed by atoms with Crippen molar-refractivity contribution >= 4 is 23.1 Å². The van der Waals surface area contributed by atoms with E-state index >= 15 is 0 Å². The van der Waals surface area contributed by atoms with Crippen molar-refractivity contribution < 1.29 is 9.53 Å². The van der Waals surface area contributed by atoms with Crippen LogP contribution >= 0.6 is 11.6 Å². The summed E-state index contributed by atoms with van der Waals surface area (Å²) in [5, 5.41) is 0.571. The predicted octanol–water partition coefficient (Wildman–Crippen LogP) is 3.69. The Hall–Kier alpha value is -1.28. The summed E-state index contributed by atoms with van der Waals surface area (Å²) >= 11 is 5.83. The van der Waals surface area contributed by atoms with Crippen LogP contribution in [0, 0.1) is 0 Å². The van der Waals surface area contributed by atoms with Crippen LogP contribution < -0.4 is 0 Å². The van der Waals surface area contributed by atoms with E-state index in [1.165, 1.54) is 0 Å². The molecular weight excluding hydrogens is 224 g/mol. The maximum atomic E-state index is 11.7. The van der Waals surface area contributed by atoms with Gasteiger partial charge in [0.05, 0.1) is 5.57 Å². The van der Waals surface area contributed by atoms with Gasteiger partial charge in [0.15, 0.2) is 0 Å². The maximum absolute atomic E-state index is 11.7. The molecule has 1 aromatic carbocycles. The zero-order valence-electron chi connectivity index (χ0n) is 9.71. The number of rotatable bonds is 2. The molecule has 0 atom stereocenters. The zero-order chi connectivity index (χ0) is 12.3. The van der Waals surface area contributed by atoms with Crippen LogP contribution in [-0.2, 0) is 9.53 Å². The van der Waals surface area contributed by atoms with Gasteiger partial charge in [-0.25, -0.2) is 4.79 Å². The van der Waals surface area contributed by atoms with Gasteiger partial charge in [-0.1, -0.05) is 30.3 Å². The van der Waals surface area contributed by atoms with E-state index in [2.05, 4.69) is 6.58 Å². The Labute approximate surface area is 101 Å². The van der Waals surface area contributed by atoms with Crippen molar-refractivity contribution in [2.24, 2.45) is 0 Å². The van der Waals surface area contributed by atoms with E-state index in [1.807, 2.05) is 20.8 Å². The molecule has 0 saturated heterocycles. The van der Waals surface area contributed by atoms with Gasteiger partial charge in [-0.3, -0.25) is 0 Å². The first-order valence-electron chi connectivity index (χ1n) is 4.98. The van der Waals surface area contributed by atoms with Crippen LogP contribution in [0.5, 0.6) is 0 Å². The summed E-state index contributed by atoms with van der Waals surface area (Å²) in [7, 11) is 0. The van der Waals surface area contributed by atoms with Crippen molar-refractivity contribution in [2.75, 3.05) is 0 Å². The fraction of sp³-hybridized carbons (Fsp3) is 0.308. The third kappa shape index (κ3) is 3.70. The highest BCUT2D eigenvalue weighted by molar-refractivity contribution is 6.31. The van der Waals surface area contributed by atoms with Crippen LogP contribution in [0.3, 0.4) is 0 Å². The number of halogens is 1. The predicted molar refractivity (Wildman–Crippen MR) is 66.3 cm³/mol. The number of benzene rings is 1. The van der Waals surface area contributed by atoms with Crippen LogP contribution in [0.25, 0.3) is 5.57 Å². The van der Waals surface area contributed by atoms with Crippen molar-refractivity contribution in [1.29, 1.82) is 0 Å². The van der Waals surface area contributed by atoms with Gasteiger partial charge in [-0.15, -0.1) is 0 Å². The molecule has 0 aliphatic rings. The van der Waals surface area contributed by atoms with Gasteiger partial charge < -0.3 is 4.74 Å². The second kappa shape index (κ2) is 4.71. The number of carbonyl (C=O) groups excluding carboxylic acids is 1. The molecule has 0 aliphatic heterocycles. The van der Waals surface area contributed by atoms with Crippen LogP contribution in [0.1, 0.15) is 26.3 Å². The molecule has 3 heteroatoms. The minimum absolute atomic E-state index is 0.317. The highest BCUT2D eigenvalue weighted by Crippen LogP contribution is 2.20. The first-order chi connectivity index (χ1) is 7.29. The van der Waals surface area contributed by atoms with Crippen LogP contribution in [0.15, 0.2) is 30.8 Å². The topological polar surface area (TPSA) is 26.3 Å². The lowest BCUT2D eigenvalue weighted by Gasteiger charge is -2.20. The Kier molecular flexibility index (Phi) is 3.76. The molecule has 86 valence electrons. The molecule has 16 heavy (non-hydrogen) atoms. The molecular formula is C13H15ClO2. The summed E-state index contributed by atoms with van der Waals surface area (Å²) < 4.78 is 5.21. The van der Waals surface area contributed by atoms with E-state index in [4.69, 9.17) is 16.3 Å².